The molecule has 0 radical (unpaired) electrons. The van der Waals surface area contributed by atoms with Gasteiger partial charge < -0.3 is 19.8 Å². The minimum Gasteiger partial charge on any atom is -0.496 e. The number of benzene rings is 2. The number of nitrogens with zero attached hydrogens (tertiary/aromatic N) is 2. The fraction of sp³-hybridized carbons (Fsp3) is 0.304. The van der Waals surface area contributed by atoms with Crippen LogP contribution in [0.25, 0.3) is 11.5 Å². The molecule has 1 heterocycles. The van der Waals surface area contributed by atoms with E-state index in [2.05, 4.69) is 47.4 Å². The Labute approximate surface area is 172 Å². The standard InChI is InChI=1S/C23H28N4O2/c1-15-6-9-18(10-7-15)22-27-19(14-29-22)13-25-23(24-4)26-17(3)20-12-16(2)8-11-21(20)28-5/h6-12,14,17H,13H2,1-5H3,(H2,24,25,26). The maximum atomic E-state index is 5.62. The van der Waals surface area contributed by atoms with Crippen LogP contribution in [0.1, 0.15) is 35.3 Å². The Morgan fingerprint density at radius 2 is 1.86 bits per heavy atom. The van der Waals surface area contributed by atoms with E-state index in [1.807, 2.05) is 36.4 Å². The molecule has 0 saturated heterocycles. The molecule has 0 spiro atoms. The lowest BCUT2D eigenvalue weighted by Gasteiger charge is -2.20. The number of aryl methyl sites for hydroxylation is 2. The van der Waals surface area contributed by atoms with Gasteiger partial charge in [-0.2, -0.15) is 0 Å². The van der Waals surface area contributed by atoms with Gasteiger partial charge in [-0.3, -0.25) is 4.99 Å². The van der Waals surface area contributed by atoms with Gasteiger partial charge in [-0.25, -0.2) is 4.98 Å². The number of oxazole rings is 1. The zero-order valence-electron chi connectivity index (χ0n) is 17.6. The van der Waals surface area contributed by atoms with Gasteiger partial charge in [0.25, 0.3) is 0 Å². The molecule has 2 aromatic carbocycles. The van der Waals surface area contributed by atoms with Crippen LogP contribution in [0.2, 0.25) is 0 Å². The number of aliphatic imine (C=N–C) groups is 1. The smallest absolute Gasteiger partial charge is 0.226 e. The highest BCUT2D eigenvalue weighted by molar-refractivity contribution is 5.80. The molecular weight excluding hydrogens is 364 g/mol. The molecule has 0 bridgehead atoms. The maximum absolute atomic E-state index is 5.62. The number of aromatic nitrogens is 1. The maximum Gasteiger partial charge on any atom is 0.226 e. The van der Waals surface area contributed by atoms with Crippen LogP contribution in [0.5, 0.6) is 5.75 Å². The summed E-state index contributed by atoms with van der Waals surface area (Å²) in [5.41, 5.74) is 5.24. The molecule has 0 aliphatic heterocycles. The van der Waals surface area contributed by atoms with Crippen LogP contribution >= 0.6 is 0 Å². The van der Waals surface area contributed by atoms with E-state index in [9.17, 15) is 0 Å². The lowest BCUT2D eigenvalue weighted by molar-refractivity contribution is 0.405. The second-order valence-electron chi connectivity index (χ2n) is 7.05. The van der Waals surface area contributed by atoms with E-state index < -0.39 is 0 Å². The third-order valence-electron chi connectivity index (χ3n) is 4.72. The Morgan fingerprint density at radius 1 is 1.14 bits per heavy atom. The van der Waals surface area contributed by atoms with Gasteiger partial charge in [0.1, 0.15) is 12.0 Å². The molecule has 1 aromatic heterocycles. The second-order valence-corrected chi connectivity index (χ2v) is 7.05. The first kappa shape index (κ1) is 20.5. The molecule has 0 saturated carbocycles. The van der Waals surface area contributed by atoms with Crippen molar-refractivity contribution in [3.63, 3.8) is 0 Å². The quantitative estimate of drug-likeness (QED) is 0.481. The average Bonchev–Trinajstić information content (AvgIpc) is 3.20. The summed E-state index contributed by atoms with van der Waals surface area (Å²) in [5, 5.41) is 6.69. The van der Waals surface area contributed by atoms with Crippen molar-refractivity contribution in [1.29, 1.82) is 0 Å². The molecule has 1 unspecified atom stereocenters. The molecule has 0 fully saturated rings. The molecular formula is C23H28N4O2. The topological polar surface area (TPSA) is 71.7 Å². The van der Waals surface area contributed by atoms with Gasteiger partial charge in [0.15, 0.2) is 5.96 Å². The van der Waals surface area contributed by atoms with Crippen molar-refractivity contribution < 1.29 is 9.15 Å². The Morgan fingerprint density at radius 3 is 2.55 bits per heavy atom. The summed E-state index contributed by atoms with van der Waals surface area (Å²) in [5.74, 6) is 2.15. The van der Waals surface area contributed by atoms with Crippen LogP contribution < -0.4 is 15.4 Å². The fourth-order valence-corrected chi connectivity index (χ4v) is 3.06. The third kappa shape index (κ3) is 5.16. The predicted octanol–water partition coefficient (Wildman–Crippen LogP) is 4.39. The molecule has 3 rings (SSSR count). The average molecular weight is 393 g/mol. The first-order valence-corrected chi connectivity index (χ1v) is 9.63. The number of methoxy groups -OCH3 is 1. The second kappa shape index (κ2) is 9.28. The summed E-state index contributed by atoms with van der Waals surface area (Å²) in [4.78, 5) is 8.88. The molecule has 0 amide bonds. The Hall–Kier alpha value is -3.28. The van der Waals surface area contributed by atoms with Crippen molar-refractivity contribution in [2.24, 2.45) is 4.99 Å². The van der Waals surface area contributed by atoms with Gasteiger partial charge in [-0.05, 0) is 39.0 Å². The van der Waals surface area contributed by atoms with Crippen molar-refractivity contribution in [2.75, 3.05) is 14.2 Å². The molecule has 6 heteroatoms. The normalized spacial score (nSPS) is 12.5. The highest BCUT2D eigenvalue weighted by atomic mass is 16.5. The lowest BCUT2D eigenvalue weighted by Crippen LogP contribution is -2.38. The highest BCUT2D eigenvalue weighted by Gasteiger charge is 2.14. The summed E-state index contributed by atoms with van der Waals surface area (Å²) >= 11 is 0. The first-order valence-electron chi connectivity index (χ1n) is 9.63. The van der Waals surface area contributed by atoms with Crippen LogP contribution in [0.15, 0.2) is 58.1 Å². The third-order valence-corrected chi connectivity index (χ3v) is 4.72. The van der Waals surface area contributed by atoms with Gasteiger partial charge in [-0.15, -0.1) is 0 Å². The summed E-state index contributed by atoms with van der Waals surface area (Å²) in [6.07, 6.45) is 1.67. The molecule has 3 aromatic rings. The Balaban J connectivity index is 1.63. The van der Waals surface area contributed by atoms with Gasteiger partial charge in [0, 0.05) is 18.2 Å². The zero-order chi connectivity index (χ0) is 20.8. The zero-order valence-corrected chi connectivity index (χ0v) is 17.6. The predicted molar refractivity (Wildman–Crippen MR) is 116 cm³/mol. The minimum absolute atomic E-state index is 0.0245. The first-order chi connectivity index (χ1) is 14.0. The van der Waals surface area contributed by atoms with Crippen molar-refractivity contribution in [3.8, 4) is 17.2 Å². The van der Waals surface area contributed by atoms with E-state index in [-0.39, 0.29) is 6.04 Å². The minimum atomic E-state index is 0.0245. The van der Waals surface area contributed by atoms with Crippen molar-refractivity contribution in [1.82, 2.24) is 15.6 Å². The highest BCUT2D eigenvalue weighted by Crippen LogP contribution is 2.26. The Bertz CT molecular complexity index is 977. The number of rotatable bonds is 6. The van der Waals surface area contributed by atoms with E-state index in [1.54, 1.807) is 20.4 Å². The summed E-state index contributed by atoms with van der Waals surface area (Å²) in [7, 11) is 3.43. The summed E-state index contributed by atoms with van der Waals surface area (Å²) < 4.78 is 11.1. The number of ether oxygens (including phenoxy) is 1. The molecule has 0 aliphatic carbocycles. The number of hydrogen-bond acceptors (Lipinski definition) is 4. The fourth-order valence-electron chi connectivity index (χ4n) is 3.06. The van der Waals surface area contributed by atoms with Crippen LogP contribution in [0, 0.1) is 13.8 Å². The van der Waals surface area contributed by atoms with Crippen LogP contribution in [-0.2, 0) is 6.54 Å². The molecule has 0 aliphatic rings. The van der Waals surface area contributed by atoms with E-state index in [0.717, 1.165) is 22.6 Å². The van der Waals surface area contributed by atoms with Crippen molar-refractivity contribution in [2.45, 2.75) is 33.4 Å². The monoisotopic (exact) mass is 392 g/mol. The molecule has 2 N–H and O–H groups in total. The lowest BCUT2D eigenvalue weighted by atomic mass is 10.0. The Kier molecular flexibility index (Phi) is 6.54. The SMILES string of the molecule is CN=C(NCc1coc(-c2ccc(C)cc2)n1)NC(C)c1cc(C)ccc1OC. The summed E-state index contributed by atoms with van der Waals surface area (Å²) in [6, 6.07) is 14.3. The van der Waals surface area contributed by atoms with Crippen molar-refractivity contribution >= 4 is 5.96 Å². The summed E-state index contributed by atoms with van der Waals surface area (Å²) in [6.45, 7) is 6.71. The van der Waals surface area contributed by atoms with E-state index in [0.29, 0.717) is 18.4 Å². The molecule has 152 valence electrons. The molecule has 6 nitrogen and oxygen atoms in total. The van der Waals surface area contributed by atoms with Gasteiger partial charge >= 0.3 is 0 Å². The van der Waals surface area contributed by atoms with Gasteiger partial charge in [-0.1, -0.05) is 35.4 Å². The number of hydrogen-bond donors (Lipinski definition) is 2. The molecule has 1 atom stereocenters. The van der Waals surface area contributed by atoms with Gasteiger partial charge in [0.05, 0.1) is 25.4 Å². The van der Waals surface area contributed by atoms with E-state index in [4.69, 9.17) is 9.15 Å². The van der Waals surface area contributed by atoms with E-state index in [1.165, 1.54) is 11.1 Å². The largest absolute Gasteiger partial charge is 0.496 e. The van der Waals surface area contributed by atoms with Gasteiger partial charge in [0.2, 0.25) is 5.89 Å². The van der Waals surface area contributed by atoms with Crippen LogP contribution in [-0.4, -0.2) is 25.1 Å². The van der Waals surface area contributed by atoms with Crippen LogP contribution in [0.3, 0.4) is 0 Å². The number of nitrogens with one attached hydrogen (secondary N) is 2. The van der Waals surface area contributed by atoms with Crippen LogP contribution in [0.4, 0.5) is 0 Å². The van der Waals surface area contributed by atoms with Crippen molar-refractivity contribution in [3.05, 3.63) is 71.1 Å². The van der Waals surface area contributed by atoms with E-state index >= 15 is 0 Å². The number of guanidine groups is 1. The molecule has 29 heavy (non-hydrogen) atoms.